The Morgan fingerprint density at radius 2 is 1.53 bits per heavy atom. The Labute approximate surface area is 116 Å². The zero-order valence-corrected chi connectivity index (χ0v) is 11.5. The Bertz CT molecular complexity index is 482. The quantitative estimate of drug-likeness (QED) is 0.849. The minimum Gasteiger partial charge on any atom is -0.321 e. The topological polar surface area (TPSA) is 43.1 Å². The van der Waals surface area contributed by atoms with Crippen LogP contribution in [0.1, 0.15) is 20.8 Å². The van der Waals surface area contributed by atoms with Gasteiger partial charge in [-0.3, -0.25) is 0 Å². The van der Waals surface area contributed by atoms with Crippen molar-refractivity contribution >= 4 is 6.29 Å². The van der Waals surface area contributed by atoms with Crippen LogP contribution < -0.4 is 5.73 Å². The van der Waals surface area contributed by atoms with Gasteiger partial charge in [0.25, 0.3) is 0 Å². The highest BCUT2D eigenvalue weighted by Crippen LogP contribution is 2.19. The van der Waals surface area contributed by atoms with E-state index in [0.29, 0.717) is 6.42 Å². The molecule has 0 amide bonds. The standard InChI is InChI=1S/C15H15NO.C2H6.H2/c16-15(11-17)10-12-6-8-14(9-7-12)13-4-2-1-3-5-13;1-2;/h1-9,11,15H,10,16H2;1-2H3;1H/t15-;;/m0../s1. The van der Waals surface area contributed by atoms with E-state index >= 15 is 0 Å². The lowest BCUT2D eigenvalue weighted by atomic mass is 10.0. The molecule has 2 aromatic rings. The Kier molecular flexibility index (Phi) is 6.55. The highest BCUT2D eigenvalue weighted by molar-refractivity contribution is 5.64. The van der Waals surface area contributed by atoms with Crippen LogP contribution in [0.4, 0.5) is 0 Å². The second-order valence-corrected chi connectivity index (χ2v) is 4.07. The molecule has 2 heteroatoms. The van der Waals surface area contributed by atoms with Crippen LogP contribution in [-0.2, 0) is 11.2 Å². The summed E-state index contributed by atoms with van der Waals surface area (Å²) in [5.74, 6) is 0. The molecule has 2 N–H and O–H groups in total. The summed E-state index contributed by atoms with van der Waals surface area (Å²) in [5, 5.41) is 0. The predicted octanol–water partition coefficient (Wildman–Crippen LogP) is 3.69. The third-order valence-electron chi connectivity index (χ3n) is 2.71. The van der Waals surface area contributed by atoms with Crippen LogP contribution in [0.15, 0.2) is 54.6 Å². The van der Waals surface area contributed by atoms with Gasteiger partial charge < -0.3 is 10.5 Å². The number of carbonyl (C=O) groups excluding carboxylic acids is 1. The Hall–Kier alpha value is -1.93. The molecule has 0 saturated heterocycles. The third-order valence-corrected chi connectivity index (χ3v) is 2.71. The lowest BCUT2D eigenvalue weighted by Gasteiger charge is -2.06. The first kappa shape index (κ1) is 15.1. The largest absolute Gasteiger partial charge is 0.321 e. The van der Waals surface area contributed by atoms with Crippen molar-refractivity contribution in [3.05, 3.63) is 60.2 Å². The molecule has 2 aromatic carbocycles. The SMILES string of the molecule is CC.N[C@H](C=O)Cc1ccc(-c2ccccc2)cc1.[HH]. The van der Waals surface area contributed by atoms with Gasteiger partial charge in [-0.05, 0) is 23.1 Å². The number of benzene rings is 2. The molecular weight excluding hydrogens is 234 g/mol. The molecule has 0 aliphatic rings. The smallest absolute Gasteiger partial charge is 0.137 e. The Balaban J connectivity index is 0.00000115. The van der Waals surface area contributed by atoms with Crippen LogP contribution in [0.5, 0.6) is 0 Å². The zero-order chi connectivity index (χ0) is 14.1. The molecule has 0 aliphatic carbocycles. The van der Waals surface area contributed by atoms with Crippen LogP contribution in [0.3, 0.4) is 0 Å². The number of rotatable bonds is 4. The number of hydrogen-bond acceptors (Lipinski definition) is 2. The van der Waals surface area contributed by atoms with Gasteiger partial charge >= 0.3 is 0 Å². The number of aldehydes is 1. The van der Waals surface area contributed by atoms with E-state index in [1.807, 2.05) is 44.2 Å². The molecule has 2 nitrogen and oxygen atoms in total. The minimum absolute atomic E-state index is 0. The molecule has 0 unspecified atom stereocenters. The summed E-state index contributed by atoms with van der Waals surface area (Å²) >= 11 is 0. The fraction of sp³-hybridized carbons (Fsp3) is 0.235. The molecule has 0 saturated carbocycles. The van der Waals surface area contributed by atoms with Gasteiger partial charge in [0.05, 0.1) is 6.04 Å². The summed E-state index contributed by atoms with van der Waals surface area (Å²) in [6.07, 6.45) is 1.38. The van der Waals surface area contributed by atoms with E-state index in [4.69, 9.17) is 5.73 Å². The lowest BCUT2D eigenvalue weighted by Crippen LogP contribution is -2.23. The molecule has 0 aliphatic heterocycles. The number of hydrogen-bond donors (Lipinski definition) is 1. The molecular formula is C17H23NO. The van der Waals surface area contributed by atoms with Crippen molar-refractivity contribution in [1.82, 2.24) is 0 Å². The van der Waals surface area contributed by atoms with Crippen LogP contribution in [0.25, 0.3) is 11.1 Å². The maximum absolute atomic E-state index is 10.5. The van der Waals surface area contributed by atoms with Crippen LogP contribution in [0, 0.1) is 0 Å². The minimum atomic E-state index is -0.405. The van der Waals surface area contributed by atoms with Gasteiger partial charge in [0, 0.05) is 1.43 Å². The summed E-state index contributed by atoms with van der Waals surface area (Å²) in [4.78, 5) is 10.5. The summed E-state index contributed by atoms with van der Waals surface area (Å²) in [5.41, 5.74) is 9.04. The first-order valence-corrected chi connectivity index (χ1v) is 6.65. The maximum atomic E-state index is 10.5. The first-order valence-electron chi connectivity index (χ1n) is 6.65. The fourth-order valence-corrected chi connectivity index (χ4v) is 1.78. The van der Waals surface area contributed by atoms with Crippen molar-refractivity contribution in [3.63, 3.8) is 0 Å². The van der Waals surface area contributed by atoms with E-state index in [2.05, 4.69) is 24.3 Å². The number of carbonyl (C=O) groups is 1. The summed E-state index contributed by atoms with van der Waals surface area (Å²) < 4.78 is 0. The van der Waals surface area contributed by atoms with Crippen molar-refractivity contribution in [2.45, 2.75) is 26.3 Å². The lowest BCUT2D eigenvalue weighted by molar-refractivity contribution is -0.108. The molecule has 0 aromatic heterocycles. The van der Waals surface area contributed by atoms with Gasteiger partial charge in [0.15, 0.2) is 0 Å². The molecule has 0 bridgehead atoms. The molecule has 19 heavy (non-hydrogen) atoms. The van der Waals surface area contributed by atoms with E-state index in [1.54, 1.807) is 0 Å². The Morgan fingerprint density at radius 3 is 2.05 bits per heavy atom. The molecule has 2 rings (SSSR count). The first-order chi connectivity index (χ1) is 9.29. The fourth-order valence-electron chi connectivity index (χ4n) is 1.78. The predicted molar refractivity (Wildman–Crippen MR) is 83.1 cm³/mol. The van der Waals surface area contributed by atoms with Crippen molar-refractivity contribution in [3.8, 4) is 11.1 Å². The molecule has 0 heterocycles. The molecule has 0 radical (unpaired) electrons. The van der Waals surface area contributed by atoms with E-state index in [1.165, 1.54) is 11.1 Å². The monoisotopic (exact) mass is 257 g/mol. The van der Waals surface area contributed by atoms with E-state index in [0.717, 1.165) is 11.8 Å². The summed E-state index contributed by atoms with van der Waals surface area (Å²) in [6, 6.07) is 17.9. The average molecular weight is 257 g/mol. The van der Waals surface area contributed by atoms with Crippen molar-refractivity contribution in [2.24, 2.45) is 5.73 Å². The van der Waals surface area contributed by atoms with E-state index in [-0.39, 0.29) is 1.43 Å². The maximum Gasteiger partial charge on any atom is 0.137 e. The van der Waals surface area contributed by atoms with E-state index < -0.39 is 6.04 Å². The van der Waals surface area contributed by atoms with Crippen molar-refractivity contribution < 1.29 is 6.22 Å². The second kappa shape index (κ2) is 8.22. The van der Waals surface area contributed by atoms with Gasteiger partial charge in [-0.25, -0.2) is 0 Å². The molecule has 0 spiro atoms. The van der Waals surface area contributed by atoms with Gasteiger partial charge in [-0.2, -0.15) is 0 Å². The van der Waals surface area contributed by atoms with Gasteiger partial charge in [0.2, 0.25) is 0 Å². The average Bonchev–Trinajstić information content (AvgIpc) is 2.51. The third kappa shape index (κ3) is 4.68. The highest BCUT2D eigenvalue weighted by atomic mass is 16.1. The van der Waals surface area contributed by atoms with Crippen LogP contribution in [0.2, 0.25) is 0 Å². The van der Waals surface area contributed by atoms with Gasteiger partial charge in [0.1, 0.15) is 6.29 Å². The molecule has 1 atom stereocenters. The van der Waals surface area contributed by atoms with Crippen LogP contribution in [-0.4, -0.2) is 12.3 Å². The van der Waals surface area contributed by atoms with Crippen LogP contribution >= 0.6 is 0 Å². The van der Waals surface area contributed by atoms with E-state index in [9.17, 15) is 4.79 Å². The zero-order valence-electron chi connectivity index (χ0n) is 11.5. The van der Waals surface area contributed by atoms with Crippen molar-refractivity contribution in [1.29, 1.82) is 0 Å². The van der Waals surface area contributed by atoms with Gasteiger partial charge in [-0.15, -0.1) is 0 Å². The summed E-state index contributed by atoms with van der Waals surface area (Å²) in [7, 11) is 0. The Morgan fingerprint density at radius 1 is 1.00 bits per heavy atom. The second-order valence-electron chi connectivity index (χ2n) is 4.07. The molecule has 102 valence electrons. The summed E-state index contributed by atoms with van der Waals surface area (Å²) in [6.45, 7) is 4.00. The highest BCUT2D eigenvalue weighted by Gasteiger charge is 2.02. The van der Waals surface area contributed by atoms with Gasteiger partial charge in [-0.1, -0.05) is 68.4 Å². The molecule has 0 fully saturated rings. The normalized spacial score (nSPS) is 11.1. The van der Waals surface area contributed by atoms with Crippen molar-refractivity contribution in [2.75, 3.05) is 0 Å². The number of nitrogens with two attached hydrogens (primary N) is 1.